The van der Waals surface area contributed by atoms with Gasteiger partial charge in [0.1, 0.15) is 5.76 Å². The molecule has 0 bridgehead atoms. The zero-order valence-corrected chi connectivity index (χ0v) is 9.57. The predicted molar refractivity (Wildman–Crippen MR) is 60.6 cm³/mol. The number of halogens is 1. The normalized spacial score (nSPS) is 10.2. The first-order valence-electron chi connectivity index (χ1n) is 4.60. The number of hydrogen-bond acceptors (Lipinski definition) is 4. The van der Waals surface area contributed by atoms with Crippen LogP contribution in [0.2, 0.25) is 0 Å². The van der Waals surface area contributed by atoms with Crippen molar-refractivity contribution >= 4 is 21.9 Å². The number of anilines is 1. The van der Waals surface area contributed by atoms with Crippen molar-refractivity contribution in [2.24, 2.45) is 0 Å². The second-order valence-corrected chi connectivity index (χ2v) is 3.74. The largest absolute Gasteiger partial charge is 0.454 e. The molecular weight excluding hydrogens is 258 g/mol. The topological polar surface area (TPSA) is 51.0 Å². The molecule has 0 fully saturated rings. The van der Waals surface area contributed by atoms with Gasteiger partial charge in [-0.2, -0.15) is 0 Å². The van der Waals surface area contributed by atoms with E-state index in [1.54, 1.807) is 18.5 Å². The Morgan fingerprint density at radius 2 is 2.07 bits per heavy atom. The van der Waals surface area contributed by atoms with Crippen LogP contribution in [0.25, 0.3) is 0 Å². The van der Waals surface area contributed by atoms with Crippen LogP contribution >= 0.6 is 15.9 Å². The molecule has 0 amide bonds. The van der Waals surface area contributed by atoms with E-state index in [0.29, 0.717) is 5.95 Å². The molecule has 0 saturated carbocycles. The van der Waals surface area contributed by atoms with Crippen LogP contribution in [0.1, 0.15) is 5.76 Å². The maximum Gasteiger partial charge on any atom is 0.222 e. The molecule has 0 spiro atoms. The summed E-state index contributed by atoms with van der Waals surface area (Å²) in [5, 5.41) is 3.10. The molecule has 5 heteroatoms. The average molecular weight is 268 g/mol. The molecule has 0 unspecified atom stereocenters. The molecule has 2 heterocycles. The van der Waals surface area contributed by atoms with Gasteiger partial charge >= 0.3 is 0 Å². The Bertz CT molecular complexity index is 416. The third kappa shape index (κ3) is 3.06. The Balaban J connectivity index is 1.80. The number of hydrogen-bond donors (Lipinski definition) is 1. The third-order valence-corrected chi connectivity index (χ3v) is 2.28. The summed E-state index contributed by atoms with van der Waals surface area (Å²) in [4.78, 5) is 8.11. The third-order valence-electron chi connectivity index (χ3n) is 1.85. The average Bonchev–Trinajstić information content (AvgIpc) is 2.66. The van der Waals surface area contributed by atoms with E-state index in [0.717, 1.165) is 23.4 Å². The molecule has 2 aromatic heterocycles. The minimum Gasteiger partial charge on any atom is -0.454 e. The zero-order chi connectivity index (χ0) is 10.5. The number of furan rings is 1. The molecule has 0 aliphatic rings. The summed E-state index contributed by atoms with van der Waals surface area (Å²) in [6.45, 7) is 0.754. The van der Waals surface area contributed by atoms with Crippen LogP contribution in [0.5, 0.6) is 0 Å². The Labute approximate surface area is 95.9 Å². The summed E-state index contributed by atoms with van der Waals surface area (Å²) in [7, 11) is 0. The first kappa shape index (κ1) is 10.2. The lowest BCUT2D eigenvalue weighted by molar-refractivity contribution is 0.491. The van der Waals surface area contributed by atoms with Gasteiger partial charge in [-0.3, -0.25) is 0 Å². The van der Waals surface area contributed by atoms with E-state index in [2.05, 4.69) is 31.2 Å². The van der Waals surface area contributed by atoms with Gasteiger partial charge in [0.15, 0.2) is 4.67 Å². The first-order valence-corrected chi connectivity index (χ1v) is 5.39. The molecule has 0 radical (unpaired) electrons. The Morgan fingerprint density at radius 3 is 2.73 bits per heavy atom. The van der Waals surface area contributed by atoms with Gasteiger partial charge in [-0.1, -0.05) is 0 Å². The highest BCUT2D eigenvalue weighted by Crippen LogP contribution is 2.14. The quantitative estimate of drug-likeness (QED) is 0.925. The molecule has 0 saturated heterocycles. The fourth-order valence-electron chi connectivity index (χ4n) is 1.17. The molecule has 2 aromatic rings. The molecule has 2 rings (SSSR count). The molecular formula is C10H10BrN3O. The smallest absolute Gasteiger partial charge is 0.222 e. The summed E-state index contributed by atoms with van der Waals surface area (Å²) in [5.74, 6) is 1.58. The number of nitrogens with zero attached hydrogens (tertiary/aromatic N) is 2. The van der Waals surface area contributed by atoms with Crippen molar-refractivity contribution in [2.75, 3.05) is 11.9 Å². The minimum atomic E-state index is 0.642. The molecule has 0 aromatic carbocycles. The fourth-order valence-corrected chi connectivity index (χ4v) is 1.51. The standard InChI is InChI=1S/C10H10BrN3O/c11-9-3-2-8(15-9)4-7-14-10-12-5-1-6-13-10/h1-3,5-6H,4,7H2,(H,12,13,14). The molecule has 0 aliphatic heterocycles. The highest BCUT2D eigenvalue weighted by molar-refractivity contribution is 9.10. The van der Waals surface area contributed by atoms with Gasteiger partial charge < -0.3 is 9.73 Å². The predicted octanol–water partition coefficient (Wildman–Crippen LogP) is 2.49. The van der Waals surface area contributed by atoms with Gasteiger partial charge in [0, 0.05) is 25.4 Å². The second kappa shape index (κ2) is 4.93. The van der Waals surface area contributed by atoms with Gasteiger partial charge in [-0.25, -0.2) is 9.97 Å². The van der Waals surface area contributed by atoms with E-state index < -0.39 is 0 Å². The summed E-state index contributed by atoms with van der Waals surface area (Å²) < 4.78 is 6.12. The van der Waals surface area contributed by atoms with Crippen LogP contribution in [0.15, 0.2) is 39.7 Å². The van der Waals surface area contributed by atoms with E-state index in [4.69, 9.17) is 4.42 Å². The lowest BCUT2D eigenvalue weighted by atomic mass is 10.3. The molecule has 78 valence electrons. The van der Waals surface area contributed by atoms with Crippen LogP contribution in [0.3, 0.4) is 0 Å². The van der Waals surface area contributed by atoms with Crippen molar-refractivity contribution in [3.63, 3.8) is 0 Å². The number of nitrogens with one attached hydrogen (secondary N) is 1. The van der Waals surface area contributed by atoms with Gasteiger partial charge in [-0.15, -0.1) is 0 Å². The van der Waals surface area contributed by atoms with E-state index in [9.17, 15) is 0 Å². The summed E-state index contributed by atoms with van der Waals surface area (Å²) in [5.41, 5.74) is 0. The first-order chi connectivity index (χ1) is 7.34. The van der Waals surface area contributed by atoms with E-state index in [-0.39, 0.29) is 0 Å². The van der Waals surface area contributed by atoms with Crippen molar-refractivity contribution in [1.82, 2.24) is 9.97 Å². The highest BCUT2D eigenvalue weighted by atomic mass is 79.9. The van der Waals surface area contributed by atoms with Crippen LogP contribution in [0.4, 0.5) is 5.95 Å². The van der Waals surface area contributed by atoms with Crippen LogP contribution < -0.4 is 5.32 Å². The molecule has 0 aliphatic carbocycles. The Morgan fingerprint density at radius 1 is 1.27 bits per heavy atom. The van der Waals surface area contributed by atoms with Crippen molar-refractivity contribution < 1.29 is 4.42 Å². The van der Waals surface area contributed by atoms with E-state index >= 15 is 0 Å². The van der Waals surface area contributed by atoms with E-state index in [1.165, 1.54) is 0 Å². The van der Waals surface area contributed by atoms with Crippen LogP contribution in [0, 0.1) is 0 Å². The molecule has 4 nitrogen and oxygen atoms in total. The van der Waals surface area contributed by atoms with Gasteiger partial charge in [0.05, 0.1) is 0 Å². The fraction of sp³-hybridized carbons (Fsp3) is 0.200. The van der Waals surface area contributed by atoms with Gasteiger partial charge in [-0.05, 0) is 34.1 Å². The summed E-state index contributed by atoms with van der Waals surface area (Å²) in [6, 6.07) is 5.61. The van der Waals surface area contributed by atoms with Crippen LogP contribution in [-0.2, 0) is 6.42 Å². The lowest BCUT2D eigenvalue weighted by Crippen LogP contribution is -2.06. The summed E-state index contributed by atoms with van der Waals surface area (Å²) >= 11 is 3.26. The summed E-state index contributed by atoms with van der Waals surface area (Å²) in [6.07, 6.45) is 4.22. The maximum absolute atomic E-state index is 5.36. The highest BCUT2D eigenvalue weighted by Gasteiger charge is 1.99. The molecule has 0 atom stereocenters. The molecule has 1 N–H and O–H groups in total. The maximum atomic E-state index is 5.36. The van der Waals surface area contributed by atoms with Gasteiger partial charge in [0.2, 0.25) is 5.95 Å². The SMILES string of the molecule is Brc1ccc(CCNc2ncccn2)o1. The van der Waals surface area contributed by atoms with E-state index in [1.807, 2.05) is 12.1 Å². The Kier molecular flexibility index (Phi) is 3.34. The number of aromatic nitrogens is 2. The molecule has 15 heavy (non-hydrogen) atoms. The van der Waals surface area contributed by atoms with Crippen molar-refractivity contribution in [3.8, 4) is 0 Å². The monoisotopic (exact) mass is 267 g/mol. The second-order valence-electron chi connectivity index (χ2n) is 2.95. The lowest BCUT2D eigenvalue weighted by Gasteiger charge is -2.01. The van der Waals surface area contributed by atoms with Crippen LogP contribution in [-0.4, -0.2) is 16.5 Å². The van der Waals surface area contributed by atoms with Gasteiger partial charge in [0.25, 0.3) is 0 Å². The minimum absolute atomic E-state index is 0.642. The van der Waals surface area contributed by atoms with Crippen molar-refractivity contribution in [2.45, 2.75) is 6.42 Å². The van der Waals surface area contributed by atoms with Crippen molar-refractivity contribution in [1.29, 1.82) is 0 Å². The Hall–Kier alpha value is -1.36. The number of rotatable bonds is 4. The zero-order valence-electron chi connectivity index (χ0n) is 7.98. The van der Waals surface area contributed by atoms with Crippen molar-refractivity contribution in [3.05, 3.63) is 41.0 Å².